The van der Waals surface area contributed by atoms with Crippen LogP contribution in [0.3, 0.4) is 0 Å². The van der Waals surface area contributed by atoms with Crippen LogP contribution in [-0.2, 0) is 9.59 Å². The Balaban J connectivity index is 2.58. The molecule has 6 heteroatoms. The topological polar surface area (TPSA) is 58.6 Å². The normalized spacial score (nSPS) is 19.0. The first-order chi connectivity index (χ1) is 9.86. The lowest BCUT2D eigenvalue weighted by Gasteiger charge is -2.37. The van der Waals surface area contributed by atoms with Crippen molar-refractivity contribution in [1.29, 1.82) is 0 Å². The van der Waals surface area contributed by atoms with E-state index in [1.807, 2.05) is 20.8 Å². The number of aryl methyl sites for hydroxylation is 1. The second-order valence-electron chi connectivity index (χ2n) is 5.44. The number of nitrogens with one attached hydrogen (secondary N) is 1. The van der Waals surface area contributed by atoms with Crippen molar-refractivity contribution in [2.45, 2.75) is 26.8 Å². The van der Waals surface area contributed by atoms with Crippen LogP contribution in [0.25, 0.3) is 0 Å². The average molecular weight is 311 g/mol. The SMILES string of the molecule is COc1cc(Cl)c(C)cc1N1C(=O)CNC(=O)C1C(C)C. The minimum Gasteiger partial charge on any atom is -0.495 e. The van der Waals surface area contributed by atoms with Crippen LogP contribution in [0.4, 0.5) is 5.69 Å². The zero-order valence-corrected chi connectivity index (χ0v) is 13.3. The molecule has 1 fully saturated rings. The largest absolute Gasteiger partial charge is 0.495 e. The van der Waals surface area contributed by atoms with E-state index in [1.165, 1.54) is 12.0 Å². The Morgan fingerprint density at radius 2 is 2.05 bits per heavy atom. The van der Waals surface area contributed by atoms with Gasteiger partial charge in [-0.05, 0) is 24.5 Å². The summed E-state index contributed by atoms with van der Waals surface area (Å²) in [6.07, 6.45) is 0. The number of carbonyl (C=O) groups is 2. The summed E-state index contributed by atoms with van der Waals surface area (Å²) in [4.78, 5) is 26.0. The summed E-state index contributed by atoms with van der Waals surface area (Å²) in [6.45, 7) is 5.66. The van der Waals surface area contributed by atoms with Gasteiger partial charge in [-0.3, -0.25) is 14.5 Å². The van der Waals surface area contributed by atoms with E-state index in [1.54, 1.807) is 12.1 Å². The molecule has 114 valence electrons. The Hall–Kier alpha value is -1.75. The number of methoxy groups -OCH3 is 1. The van der Waals surface area contributed by atoms with Gasteiger partial charge in [0.1, 0.15) is 11.8 Å². The summed E-state index contributed by atoms with van der Waals surface area (Å²) >= 11 is 6.10. The van der Waals surface area contributed by atoms with E-state index in [9.17, 15) is 9.59 Å². The first-order valence-corrected chi connectivity index (χ1v) is 7.18. The molecule has 2 rings (SSSR count). The van der Waals surface area contributed by atoms with E-state index in [-0.39, 0.29) is 24.3 Å². The molecule has 1 unspecified atom stereocenters. The van der Waals surface area contributed by atoms with Crippen molar-refractivity contribution in [3.05, 3.63) is 22.7 Å². The Morgan fingerprint density at radius 3 is 2.62 bits per heavy atom. The lowest BCUT2D eigenvalue weighted by atomic mass is 9.98. The number of rotatable bonds is 3. The van der Waals surface area contributed by atoms with Gasteiger partial charge in [-0.15, -0.1) is 0 Å². The molecule has 0 spiro atoms. The third-order valence-electron chi connectivity index (χ3n) is 3.58. The highest BCUT2D eigenvalue weighted by Crippen LogP contribution is 2.36. The molecule has 5 nitrogen and oxygen atoms in total. The maximum absolute atomic E-state index is 12.3. The molecule has 1 aliphatic heterocycles. The van der Waals surface area contributed by atoms with Crippen LogP contribution in [-0.4, -0.2) is 31.5 Å². The minimum atomic E-state index is -0.555. The minimum absolute atomic E-state index is 0.00706. The van der Waals surface area contributed by atoms with Crippen molar-refractivity contribution in [3.63, 3.8) is 0 Å². The predicted molar refractivity (Wildman–Crippen MR) is 81.9 cm³/mol. The van der Waals surface area contributed by atoms with Gasteiger partial charge in [-0.1, -0.05) is 25.4 Å². The monoisotopic (exact) mass is 310 g/mol. The highest BCUT2D eigenvalue weighted by atomic mass is 35.5. The summed E-state index contributed by atoms with van der Waals surface area (Å²) in [7, 11) is 1.52. The third kappa shape index (κ3) is 2.83. The highest BCUT2D eigenvalue weighted by molar-refractivity contribution is 6.31. The standard InChI is InChI=1S/C15H19ClN2O3/c1-8(2)14-15(20)17-7-13(19)18(14)11-5-9(3)10(16)6-12(11)21-4/h5-6,8,14H,7H2,1-4H3,(H,17,20). The summed E-state index contributed by atoms with van der Waals surface area (Å²) in [5, 5.41) is 3.19. The number of anilines is 1. The number of ether oxygens (including phenoxy) is 1. The van der Waals surface area contributed by atoms with Crippen molar-refractivity contribution >= 4 is 29.1 Å². The summed E-state index contributed by atoms with van der Waals surface area (Å²) in [6, 6.07) is 2.90. The Morgan fingerprint density at radius 1 is 1.38 bits per heavy atom. The van der Waals surface area contributed by atoms with Crippen molar-refractivity contribution < 1.29 is 14.3 Å². The van der Waals surface area contributed by atoms with E-state index in [0.717, 1.165) is 5.56 Å². The number of amides is 2. The lowest BCUT2D eigenvalue weighted by molar-refractivity contribution is -0.131. The molecule has 1 aromatic carbocycles. The average Bonchev–Trinajstić information content (AvgIpc) is 2.43. The first-order valence-electron chi connectivity index (χ1n) is 6.80. The summed E-state index contributed by atoms with van der Waals surface area (Å²) < 4.78 is 5.34. The van der Waals surface area contributed by atoms with E-state index in [2.05, 4.69) is 5.32 Å². The first kappa shape index (κ1) is 15.6. The lowest BCUT2D eigenvalue weighted by Crippen LogP contribution is -2.60. The molecule has 1 aliphatic rings. The highest BCUT2D eigenvalue weighted by Gasteiger charge is 2.38. The maximum atomic E-state index is 12.3. The molecule has 1 atom stereocenters. The van der Waals surface area contributed by atoms with Crippen LogP contribution in [0.1, 0.15) is 19.4 Å². The quantitative estimate of drug-likeness (QED) is 0.930. The third-order valence-corrected chi connectivity index (χ3v) is 3.99. The zero-order chi connectivity index (χ0) is 15.7. The van der Waals surface area contributed by atoms with E-state index in [4.69, 9.17) is 16.3 Å². The number of halogens is 1. The smallest absolute Gasteiger partial charge is 0.247 e. The zero-order valence-electron chi connectivity index (χ0n) is 12.6. The van der Waals surface area contributed by atoms with E-state index < -0.39 is 6.04 Å². The second-order valence-corrected chi connectivity index (χ2v) is 5.85. The van der Waals surface area contributed by atoms with Gasteiger partial charge in [-0.25, -0.2) is 0 Å². The van der Waals surface area contributed by atoms with E-state index >= 15 is 0 Å². The fourth-order valence-corrected chi connectivity index (χ4v) is 2.66. The molecular weight excluding hydrogens is 292 g/mol. The molecule has 1 saturated heterocycles. The fraction of sp³-hybridized carbons (Fsp3) is 0.467. The maximum Gasteiger partial charge on any atom is 0.247 e. The molecule has 1 heterocycles. The Kier molecular flexibility index (Phi) is 4.42. The number of carbonyl (C=O) groups excluding carboxylic acids is 2. The number of piperazine rings is 1. The molecule has 2 amide bonds. The summed E-state index contributed by atoms with van der Waals surface area (Å²) in [5.74, 6) is 0.154. The Bertz CT molecular complexity index is 587. The molecular formula is C15H19ClN2O3. The van der Waals surface area contributed by atoms with Crippen molar-refractivity contribution in [3.8, 4) is 5.75 Å². The van der Waals surface area contributed by atoms with Crippen LogP contribution in [0.15, 0.2) is 12.1 Å². The molecule has 0 bridgehead atoms. The van der Waals surface area contributed by atoms with Gasteiger partial charge in [-0.2, -0.15) is 0 Å². The van der Waals surface area contributed by atoms with Crippen LogP contribution in [0, 0.1) is 12.8 Å². The molecule has 0 radical (unpaired) electrons. The number of hydrogen-bond donors (Lipinski definition) is 1. The molecule has 0 aromatic heterocycles. The molecule has 1 aromatic rings. The van der Waals surface area contributed by atoms with Gasteiger partial charge in [0.2, 0.25) is 11.8 Å². The summed E-state index contributed by atoms with van der Waals surface area (Å²) in [5.41, 5.74) is 1.41. The van der Waals surface area contributed by atoms with E-state index in [0.29, 0.717) is 16.5 Å². The number of benzene rings is 1. The second kappa shape index (κ2) is 5.93. The van der Waals surface area contributed by atoms with Gasteiger partial charge in [0.25, 0.3) is 0 Å². The van der Waals surface area contributed by atoms with Gasteiger partial charge < -0.3 is 10.1 Å². The molecule has 1 N–H and O–H groups in total. The molecule has 21 heavy (non-hydrogen) atoms. The Labute approximate surface area is 129 Å². The van der Waals surface area contributed by atoms with Crippen LogP contribution in [0.2, 0.25) is 5.02 Å². The van der Waals surface area contributed by atoms with Gasteiger partial charge in [0, 0.05) is 11.1 Å². The predicted octanol–water partition coefficient (Wildman–Crippen LogP) is 2.14. The van der Waals surface area contributed by atoms with Crippen LogP contribution < -0.4 is 15.0 Å². The van der Waals surface area contributed by atoms with Crippen molar-refractivity contribution in [2.75, 3.05) is 18.6 Å². The number of nitrogens with zero attached hydrogens (tertiary/aromatic N) is 1. The molecule has 0 saturated carbocycles. The van der Waals surface area contributed by atoms with Crippen LogP contribution in [0.5, 0.6) is 5.75 Å². The van der Waals surface area contributed by atoms with Gasteiger partial charge >= 0.3 is 0 Å². The van der Waals surface area contributed by atoms with Crippen molar-refractivity contribution in [2.24, 2.45) is 5.92 Å². The number of hydrogen-bond acceptors (Lipinski definition) is 3. The fourth-order valence-electron chi connectivity index (χ4n) is 2.51. The van der Waals surface area contributed by atoms with Crippen molar-refractivity contribution in [1.82, 2.24) is 5.32 Å². The van der Waals surface area contributed by atoms with Gasteiger partial charge in [0.15, 0.2) is 0 Å². The van der Waals surface area contributed by atoms with Crippen LogP contribution >= 0.6 is 11.6 Å². The molecule has 0 aliphatic carbocycles. The van der Waals surface area contributed by atoms with Gasteiger partial charge in [0.05, 0.1) is 19.3 Å².